The molecule has 0 aromatic rings. The van der Waals surface area contributed by atoms with E-state index < -0.39 is 41.8 Å². The average molecular weight is 451 g/mol. The van der Waals surface area contributed by atoms with Gasteiger partial charge in [0.1, 0.15) is 12.1 Å². The van der Waals surface area contributed by atoms with Crippen LogP contribution in [0.5, 0.6) is 0 Å². The Morgan fingerprint density at radius 3 is 2.10 bits per heavy atom. The Hall–Kier alpha value is -1.46. The van der Waals surface area contributed by atoms with Crippen molar-refractivity contribution in [2.75, 3.05) is 30.6 Å². The molecule has 4 atom stereocenters. The van der Waals surface area contributed by atoms with Crippen molar-refractivity contribution in [1.29, 1.82) is 0 Å². The molecule has 0 spiro atoms. The van der Waals surface area contributed by atoms with E-state index in [1.165, 1.54) is 11.8 Å². The summed E-state index contributed by atoms with van der Waals surface area (Å²) >= 11 is 3.08. The highest BCUT2D eigenvalue weighted by atomic mass is 32.2. The summed E-state index contributed by atoms with van der Waals surface area (Å²) in [7, 11) is 0. The maximum absolute atomic E-state index is 12.6. The standard InChI is InChI=1S/C18H34N4O5S2/c1-5-11(2)15(18(26)27)22-17(25)13(7-9-29-4)21-14(23)10-20-16(24)12(19)6-8-28-3/h11-13,15H,5-10,19H2,1-4H3,(H,20,24)(H,21,23)(H,22,25)(H,26,27). The zero-order valence-electron chi connectivity index (χ0n) is 17.5. The Morgan fingerprint density at radius 1 is 1.00 bits per heavy atom. The van der Waals surface area contributed by atoms with Crippen molar-refractivity contribution in [2.45, 2.75) is 51.2 Å². The van der Waals surface area contributed by atoms with Gasteiger partial charge < -0.3 is 26.8 Å². The first-order valence-electron chi connectivity index (χ1n) is 9.51. The molecular weight excluding hydrogens is 416 g/mol. The number of carboxylic acid groups (broad SMARTS) is 1. The predicted molar refractivity (Wildman–Crippen MR) is 118 cm³/mol. The van der Waals surface area contributed by atoms with Gasteiger partial charge >= 0.3 is 5.97 Å². The third kappa shape index (κ3) is 11.3. The molecule has 9 nitrogen and oxygen atoms in total. The lowest BCUT2D eigenvalue weighted by Gasteiger charge is -2.24. The van der Waals surface area contributed by atoms with Crippen LogP contribution in [-0.4, -0.2) is 77.5 Å². The maximum atomic E-state index is 12.6. The van der Waals surface area contributed by atoms with Crippen molar-refractivity contribution in [2.24, 2.45) is 11.7 Å². The molecule has 0 saturated carbocycles. The van der Waals surface area contributed by atoms with Crippen molar-refractivity contribution in [3.05, 3.63) is 0 Å². The number of hydrogen-bond donors (Lipinski definition) is 5. The third-order valence-electron chi connectivity index (χ3n) is 4.43. The van der Waals surface area contributed by atoms with Gasteiger partial charge in [0.25, 0.3) is 0 Å². The number of nitrogens with one attached hydrogen (secondary N) is 3. The summed E-state index contributed by atoms with van der Waals surface area (Å²) in [5, 5.41) is 16.9. The molecule has 0 fully saturated rings. The first-order chi connectivity index (χ1) is 13.7. The lowest BCUT2D eigenvalue weighted by molar-refractivity contribution is -0.143. The fraction of sp³-hybridized carbons (Fsp3) is 0.778. The van der Waals surface area contributed by atoms with Crippen LogP contribution in [0, 0.1) is 5.92 Å². The number of hydrogen-bond acceptors (Lipinski definition) is 7. The largest absolute Gasteiger partial charge is 0.480 e. The van der Waals surface area contributed by atoms with Gasteiger partial charge in [-0.05, 0) is 42.8 Å². The lowest BCUT2D eigenvalue weighted by atomic mass is 9.99. The molecule has 0 saturated heterocycles. The third-order valence-corrected chi connectivity index (χ3v) is 5.72. The van der Waals surface area contributed by atoms with Crippen molar-refractivity contribution < 1.29 is 24.3 Å². The van der Waals surface area contributed by atoms with Crippen LogP contribution in [0.4, 0.5) is 0 Å². The number of carbonyl (C=O) groups excluding carboxylic acids is 3. The molecule has 6 N–H and O–H groups in total. The second-order valence-corrected chi connectivity index (χ2v) is 8.69. The molecule has 0 rings (SSSR count). The molecule has 0 heterocycles. The van der Waals surface area contributed by atoms with Gasteiger partial charge in [-0.3, -0.25) is 14.4 Å². The highest BCUT2D eigenvalue weighted by Crippen LogP contribution is 2.09. The smallest absolute Gasteiger partial charge is 0.326 e. The summed E-state index contributed by atoms with van der Waals surface area (Å²) in [6.45, 7) is 3.28. The summed E-state index contributed by atoms with van der Waals surface area (Å²) < 4.78 is 0. The van der Waals surface area contributed by atoms with E-state index in [1.807, 2.05) is 19.4 Å². The quantitative estimate of drug-likeness (QED) is 0.235. The Kier molecular flexibility index (Phi) is 14.6. The Balaban J connectivity index is 4.84. The Bertz CT molecular complexity index is 550. The van der Waals surface area contributed by atoms with Crippen LogP contribution in [-0.2, 0) is 19.2 Å². The molecule has 11 heteroatoms. The van der Waals surface area contributed by atoms with E-state index in [4.69, 9.17) is 5.73 Å². The summed E-state index contributed by atoms with van der Waals surface area (Å²) in [4.78, 5) is 48.1. The minimum Gasteiger partial charge on any atom is -0.480 e. The van der Waals surface area contributed by atoms with E-state index in [-0.39, 0.29) is 12.5 Å². The van der Waals surface area contributed by atoms with Crippen LogP contribution in [0.15, 0.2) is 0 Å². The summed E-state index contributed by atoms with van der Waals surface area (Å²) in [5.41, 5.74) is 5.75. The van der Waals surface area contributed by atoms with E-state index >= 15 is 0 Å². The number of amides is 3. The van der Waals surface area contributed by atoms with E-state index in [2.05, 4.69) is 16.0 Å². The first kappa shape index (κ1) is 27.5. The summed E-state index contributed by atoms with van der Waals surface area (Å²) in [6, 6.07) is -2.61. The van der Waals surface area contributed by atoms with Gasteiger partial charge in [-0.15, -0.1) is 0 Å². The van der Waals surface area contributed by atoms with Crippen LogP contribution in [0.25, 0.3) is 0 Å². The molecule has 0 aliphatic carbocycles. The average Bonchev–Trinajstić information content (AvgIpc) is 2.70. The maximum Gasteiger partial charge on any atom is 0.326 e. The molecule has 29 heavy (non-hydrogen) atoms. The Morgan fingerprint density at radius 2 is 1.59 bits per heavy atom. The molecule has 0 bridgehead atoms. The highest BCUT2D eigenvalue weighted by Gasteiger charge is 2.29. The van der Waals surface area contributed by atoms with Gasteiger partial charge in [-0.2, -0.15) is 23.5 Å². The molecule has 0 aliphatic rings. The van der Waals surface area contributed by atoms with Crippen LogP contribution < -0.4 is 21.7 Å². The normalized spacial score (nSPS) is 14.9. The van der Waals surface area contributed by atoms with Gasteiger partial charge in [-0.25, -0.2) is 4.79 Å². The molecule has 0 aromatic heterocycles. The van der Waals surface area contributed by atoms with Crippen molar-refractivity contribution >= 4 is 47.2 Å². The molecule has 0 radical (unpaired) electrons. The Labute approximate surface area is 181 Å². The van der Waals surface area contributed by atoms with Crippen LogP contribution in [0.3, 0.4) is 0 Å². The number of aliphatic carboxylic acids is 1. The number of carboxylic acids is 1. The number of rotatable bonds is 15. The van der Waals surface area contributed by atoms with E-state index in [0.717, 1.165) is 5.75 Å². The van der Waals surface area contributed by atoms with Crippen molar-refractivity contribution in [1.82, 2.24) is 16.0 Å². The molecule has 0 aromatic carbocycles. The summed E-state index contributed by atoms with van der Waals surface area (Å²) in [5.74, 6) is -1.55. The second-order valence-electron chi connectivity index (χ2n) is 6.72. The van der Waals surface area contributed by atoms with Crippen LogP contribution in [0.1, 0.15) is 33.1 Å². The zero-order chi connectivity index (χ0) is 22.4. The van der Waals surface area contributed by atoms with Gasteiger partial charge in [0.2, 0.25) is 17.7 Å². The highest BCUT2D eigenvalue weighted by molar-refractivity contribution is 7.98. The second kappa shape index (κ2) is 15.4. The first-order valence-corrected chi connectivity index (χ1v) is 12.3. The topological polar surface area (TPSA) is 151 Å². The van der Waals surface area contributed by atoms with Crippen molar-refractivity contribution in [3.8, 4) is 0 Å². The minimum atomic E-state index is -1.12. The molecular formula is C18H34N4O5S2. The fourth-order valence-corrected chi connectivity index (χ4v) is 3.32. The van der Waals surface area contributed by atoms with Crippen LogP contribution in [0.2, 0.25) is 0 Å². The molecule has 0 aliphatic heterocycles. The van der Waals surface area contributed by atoms with E-state index in [9.17, 15) is 24.3 Å². The summed E-state index contributed by atoms with van der Waals surface area (Å²) in [6.07, 6.45) is 5.20. The number of thioether (sulfide) groups is 2. The van der Waals surface area contributed by atoms with Gasteiger partial charge in [0, 0.05) is 0 Å². The van der Waals surface area contributed by atoms with E-state index in [0.29, 0.717) is 25.0 Å². The molecule has 4 unspecified atom stereocenters. The zero-order valence-corrected chi connectivity index (χ0v) is 19.2. The van der Waals surface area contributed by atoms with Gasteiger partial charge in [-0.1, -0.05) is 20.3 Å². The monoisotopic (exact) mass is 450 g/mol. The van der Waals surface area contributed by atoms with Gasteiger partial charge in [0.15, 0.2) is 0 Å². The lowest BCUT2D eigenvalue weighted by Crippen LogP contribution is -2.55. The number of nitrogens with two attached hydrogens (primary N) is 1. The van der Waals surface area contributed by atoms with Crippen molar-refractivity contribution in [3.63, 3.8) is 0 Å². The minimum absolute atomic E-state index is 0.254. The van der Waals surface area contributed by atoms with E-state index in [1.54, 1.807) is 18.7 Å². The molecule has 168 valence electrons. The van der Waals surface area contributed by atoms with Gasteiger partial charge in [0.05, 0.1) is 12.6 Å². The molecule has 3 amide bonds. The van der Waals surface area contributed by atoms with Crippen LogP contribution >= 0.6 is 23.5 Å². The fourth-order valence-electron chi connectivity index (χ4n) is 2.36. The SMILES string of the molecule is CCC(C)C(NC(=O)C(CCSC)NC(=O)CNC(=O)C(N)CCSC)C(=O)O. The number of carbonyl (C=O) groups is 4. The predicted octanol–water partition coefficient (Wildman–Crippen LogP) is 0.0364.